The van der Waals surface area contributed by atoms with Crippen LogP contribution in [0, 0.1) is 5.92 Å². The van der Waals surface area contributed by atoms with Crippen molar-refractivity contribution < 1.29 is 19.4 Å². The van der Waals surface area contributed by atoms with Crippen molar-refractivity contribution in [2.45, 2.75) is 97.0 Å². The van der Waals surface area contributed by atoms with Gasteiger partial charge in [-0.2, -0.15) is 0 Å². The molecule has 0 spiro atoms. The van der Waals surface area contributed by atoms with Crippen LogP contribution in [-0.4, -0.2) is 42.2 Å². The first-order valence-corrected chi connectivity index (χ1v) is 10.2. The number of hydrogen-bond acceptors (Lipinski definition) is 4. The third kappa shape index (κ3) is 9.96. The molecular formula is C22H39NO4. The molecule has 0 saturated carbocycles. The zero-order valence-electron chi connectivity index (χ0n) is 18.0. The summed E-state index contributed by atoms with van der Waals surface area (Å²) in [6.45, 7) is 9.71. The van der Waals surface area contributed by atoms with Gasteiger partial charge in [-0.1, -0.05) is 37.1 Å². The molecule has 0 radical (unpaired) electrons. The molecule has 0 aromatic rings. The molecule has 0 aliphatic heterocycles. The molecule has 0 aromatic heterocycles. The van der Waals surface area contributed by atoms with E-state index < -0.39 is 11.7 Å². The summed E-state index contributed by atoms with van der Waals surface area (Å²) in [5, 5.41) is 13.6. The van der Waals surface area contributed by atoms with E-state index in [9.17, 15) is 9.90 Å². The van der Waals surface area contributed by atoms with Crippen LogP contribution in [0.1, 0.15) is 73.1 Å². The number of methoxy groups -OCH3 is 1. The summed E-state index contributed by atoms with van der Waals surface area (Å²) in [4.78, 5) is 12.1. The van der Waals surface area contributed by atoms with Gasteiger partial charge in [-0.25, -0.2) is 4.79 Å². The number of nitrogens with one attached hydrogen (secondary N) is 1. The van der Waals surface area contributed by atoms with E-state index in [-0.39, 0.29) is 24.2 Å². The Bertz CT molecular complexity index is 507. The van der Waals surface area contributed by atoms with Crippen LogP contribution in [-0.2, 0) is 9.47 Å². The summed E-state index contributed by atoms with van der Waals surface area (Å²) in [5.41, 5.74) is 0.726. The largest absolute Gasteiger partial charge is 0.444 e. The highest BCUT2D eigenvalue weighted by atomic mass is 16.6. The van der Waals surface area contributed by atoms with Gasteiger partial charge in [-0.05, 0) is 59.8 Å². The van der Waals surface area contributed by atoms with E-state index >= 15 is 0 Å². The molecule has 0 aromatic carbocycles. The SMILES string of the molecule is CO[C@H]1/C=C/CCCC[C@@H](NC(=O)OC(C)(C)C)CC/C(C)=C\C(C)[C@@H]1O. The highest BCUT2D eigenvalue weighted by Gasteiger charge is 2.22. The third-order valence-electron chi connectivity index (χ3n) is 4.80. The molecule has 1 unspecified atom stereocenters. The van der Waals surface area contributed by atoms with Crippen LogP contribution < -0.4 is 5.32 Å². The molecule has 27 heavy (non-hydrogen) atoms. The molecule has 156 valence electrons. The molecule has 1 amide bonds. The lowest BCUT2D eigenvalue weighted by atomic mass is 9.93. The number of ether oxygens (including phenoxy) is 2. The number of carbonyl (C=O) groups is 1. The number of hydrogen-bond donors (Lipinski definition) is 2. The number of allylic oxidation sites excluding steroid dienone is 2. The Balaban J connectivity index is 2.79. The van der Waals surface area contributed by atoms with Gasteiger partial charge in [-0.3, -0.25) is 0 Å². The van der Waals surface area contributed by atoms with E-state index in [0.29, 0.717) is 0 Å². The number of alkyl carbamates (subject to hydrolysis) is 1. The lowest BCUT2D eigenvalue weighted by molar-refractivity contribution is -0.00188. The summed E-state index contributed by atoms with van der Waals surface area (Å²) < 4.78 is 10.9. The zero-order chi connectivity index (χ0) is 20.4. The van der Waals surface area contributed by atoms with Crippen LogP contribution in [0.15, 0.2) is 23.8 Å². The molecule has 1 rings (SSSR count). The van der Waals surface area contributed by atoms with Crippen molar-refractivity contribution in [1.29, 1.82) is 0 Å². The van der Waals surface area contributed by atoms with Crippen molar-refractivity contribution in [3.05, 3.63) is 23.8 Å². The molecular weight excluding hydrogens is 342 g/mol. The number of aliphatic hydroxyl groups excluding tert-OH is 1. The molecule has 5 nitrogen and oxygen atoms in total. The van der Waals surface area contributed by atoms with E-state index in [1.54, 1.807) is 7.11 Å². The van der Waals surface area contributed by atoms with Gasteiger partial charge < -0.3 is 19.9 Å². The minimum Gasteiger partial charge on any atom is -0.444 e. The first-order chi connectivity index (χ1) is 12.6. The van der Waals surface area contributed by atoms with E-state index in [0.717, 1.165) is 38.5 Å². The van der Waals surface area contributed by atoms with Gasteiger partial charge in [0, 0.05) is 19.1 Å². The summed E-state index contributed by atoms with van der Waals surface area (Å²) in [6.07, 6.45) is 10.7. The smallest absolute Gasteiger partial charge is 0.407 e. The molecule has 1 aliphatic rings. The average molecular weight is 382 g/mol. The van der Waals surface area contributed by atoms with Crippen molar-refractivity contribution in [2.75, 3.05) is 7.11 Å². The van der Waals surface area contributed by atoms with Crippen LogP contribution in [0.4, 0.5) is 4.79 Å². The maximum absolute atomic E-state index is 12.1. The van der Waals surface area contributed by atoms with Gasteiger partial charge in [-0.15, -0.1) is 0 Å². The van der Waals surface area contributed by atoms with Crippen molar-refractivity contribution in [1.82, 2.24) is 5.32 Å². The molecule has 0 heterocycles. The topological polar surface area (TPSA) is 67.8 Å². The molecule has 0 bridgehead atoms. The second-order valence-corrected chi connectivity index (χ2v) is 8.66. The van der Waals surface area contributed by atoms with E-state index in [1.807, 2.05) is 33.8 Å². The van der Waals surface area contributed by atoms with Crippen molar-refractivity contribution in [2.24, 2.45) is 5.92 Å². The summed E-state index contributed by atoms with van der Waals surface area (Å²) in [5.74, 6) is -0.000180. The Morgan fingerprint density at radius 3 is 2.59 bits per heavy atom. The molecule has 5 heteroatoms. The fraction of sp³-hybridized carbons (Fsp3) is 0.773. The molecule has 1 aliphatic carbocycles. The Labute approximate surface area is 165 Å². The van der Waals surface area contributed by atoms with Gasteiger partial charge >= 0.3 is 6.09 Å². The molecule has 0 fully saturated rings. The van der Waals surface area contributed by atoms with Gasteiger partial charge in [0.25, 0.3) is 0 Å². The van der Waals surface area contributed by atoms with Gasteiger partial charge in [0.15, 0.2) is 0 Å². The van der Waals surface area contributed by atoms with E-state index in [4.69, 9.17) is 9.47 Å². The van der Waals surface area contributed by atoms with Gasteiger partial charge in [0.2, 0.25) is 0 Å². The van der Waals surface area contributed by atoms with Crippen molar-refractivity contribution in [3.63, 3.8) is 0 Å². The number of rotatable bonds is 2. The normalized spacial score (nSPS) is 31.9. The van der Waals surface area contributed by atoms with Crippen molar-refractivity contribution >= 4 is 6.09 Å². The monoisotopic (exact) mass is 381 g/mol. The van der Waals surface area contributed by atoms with Crippen LogP contribution in [0.25, 0.3) is 0 Å². The minimum absolute atomic E-state index is 0.000180. The zero-order valence-corrected chi connectivity index (χ0v) is 18.0. The third-order valence-corrected chi connectivity index (χ3v) is 4.80. The Kier molecular flexibility index (Phi) is 10.1. The molecule has 4 atom stereocenters. The fourth-order valence-corrected chi connectivity index (χ4v) is 3.31. The Hall–Kier alpha value is -1.33. The maximum atomic E-state index is 12.1. The quantitative estimate of drug-likeness (QED) is 0.678. The van der Waals surface area contributed by atoms with Crippen molar-refractivity contribution in [3.8, 4) is 0 Å². The van der Waals surface area contributed by atoms with Crippen LogP contribution in [0.5, 0.6) is 0 Å². The summed E-state index contributed by atoms with van der Waals surface area (Å²) >= 11 is 0. The van der Waals surface area contributed by atoms with E-state index in [1.165, 1.54) is 5.57 Å². The standard InChI is InChI=1S/C22H39NO4/c1-16-13-14-18(23-21(25)27-22(3,4)5)11-9-7-8-10-12-19(26-6)20(24)17(2)15-16/h10,12,15,17-20,24H,7-9,11,13-14H2,1-6H3,(H,23,25)/b12-10+,16-15-/t17?,18-,19+,20+/m1/s1. The lowest BCUT2D eigenvalue weighted by Gasteiger charge is -2.25. The summed E-state index contributed by atoms with van der Waals surface area (Å²) in [6, 6.07) is 0.0991. The number of aliphatic hydroxyl groups is 1. The van der Waals surface area contributed by atoms with Crippen LogP contribution in [0.3, 0.4) is 0 Å². The van der Waals surface area contributed by atoms with E-state index in [2.05, 4.69) is 24.4 Å². The van der Waals surface area contributed by atoms with Gasteiger partial charge in [0.1, 0.15) is 11.7 Å². The average Bonchev–Trinajstić information content (AvgIpc) is 2.55. The fourth-order valence-electron chi connectivity index (χ4n) is 3.31. The first kappa shape index (κ1) is 23.7. The Morgan fingerprint density at radius 1 is 1.26 bits per heavy atom. The predicted octanol–water partition coefficient (Wildman–Crippen LogP) is 4.75. The summed E-state index contributed by atoms with van der Waals surface area (Å²) in [7, 11) is 1.64. The Morgan fingerprint density at radius 2 is 1.96 bits per heavy atom. The second-order valence-electron chi connectivity index (χ2n) is 8.66. The first-order valence-electron chi connectivity index (χ1n) is 10.2. The number of carbonyl (C=O) groups excluding carboxylic acids is 1. The highest BCUT2D eigenvalue weighted by Crippen LogP contribution is 2.20. The highest BCUT2D eigenvalue weighted by molar-refractivity contribution is 5.68. The predicted molar refractivity (Wildman–Crippen MR) is 110 cm³/mol. The number of amides is 1. The molecule has 2 N–H and O–H groups in total. The van der Waals surface area contributed by atoms with Gasteiger partial charge in [0.05, 0.1) is 6.10 Å². The minimum atomic E-state index is -0.570. The second kappa shape index (κ2) is 11.5. The van der Waals surface area contributed by atoms with Crippen LogP contribution >= 0.6 is 0 Å². The maximum Gasteiger partial charge on any atom is 0.407 e. The molecule has 0 saturated heterocycles. The van der Waals surface area contributed by atoms with Crippen LogP contribution in [0.2, 0.25) is 0 Å². The lowest BCUT2D eigenvalue weighted by Crippen LogP contribution is -2.39.